The van der Waals surface area contributed by atoms with Crippen molar-refractivity contribution in [2.24, 2.45) is 0 Å². The zero-order valence-electron chi connectivity index (χ0n) is 11.2. The number of halogens is 1. The van der Waals surface area contributed by atoms with Crippen LogP contribution in [0.4, 0.5) is 0 Å². The van der Waals surface area contributed by atoms with Gasteiger partial charge in [-0.05, 0) is 35.9 Å². The van der Waals surface area contributed by atoms with E-state index in [-0.39, 0.29) is 16.3 Å². The molecule has 21 heavy (non-hydrogen) atoms. The summed E-state index contributed by atoms with van der Waals surface area (Å²) < 4.78 is 17.4. The molecular formula is C15H13ClO4S. The van der Waals surface area contributed by atoms with Gasteiger partial charge in [0.2, 0.25) is 0 Å². The van der Waals surface area contributed by atoms with Gasteiger partial charge in [-0.2, -0.15) is 0 Å². The fraction of sp³-hybridized carbons (Fsp3) is 0.133. The molecule has 0 saturated heterocycles. The van der Waals surface area contributed by atoms with E-state index in [0.717, 1.165) is 5.56 Å². The van der Waals surface area contributed by atoms with Crippen molar-refractivity contribution in [2.45, 2.75) is 10.6 Å². The zero-order chi connectivity index (χ0) is 15.4. The van der Waals surface area contributed by atoms with Crippen LogP contribution in [0, 0.1) is 0 Å². The molecule has 2 rings (SSSR count). The van der Waals surface area contributed by atoms with Gasteiger partial charge in [-0.1, -0.05) is 23.7 Å². The predicted molar refractivity (Wildman–Crippen MR) is 81.5 cm³/mol. The predicted octanol–water partition coefficient (Wildman–Crippen LogP) is 3.35. The van der Waals surface area contributed by atoms with Crippen molar-refractivity contribution in [3.8, 4) is 5.75 Å². The van der Waals surface area contributed by atoms with Crippen molar-refractivity contribution in [1.29, 1.82) is 0 Å². The Labute approximate surface area is 129 Å². The van der Waals surface area contributed by atoms with Gasteiger partial charge in [-0.25, -0.2) is 4.79 Å². The first kappa shape index (κ1) is 15.5. The van der Waals surface area contributed by atoms with Gasteiger partial charge >= 0.3 is 5.97 Å². The highest BCUT2D eigenvalue weighted by Gasteiger charge is 2.13. The lowest BCUT2D eigenvalue weighted by molar-refractivity contribution is 0.0697. The Morgan fingerprint density at radius 3 is 2.71 bits per heavy atom. The summed E-state index contributed by atoms with van der Waals surface area (Å²) in [6.45, 7) is 0. The topological polar surface area (TPSA) is 63.6 Å². The van der Waals surface area contributed by atoms with Gasteiger partial charge in [0, 0.05) is 4.90 Å². The van der Waals surface area contributed by atoms with Crippen molar-refractivity contribution >= 4 is 28.4 Å². The number of carboxylic acids is 1. The normalized spacial score (nSPS) is 11.9. The first-order valence-corrected chi connectivity index (χ1v) is 7.75. The maximum absolute atomic E-state index is 12.3. The number of aromatic carboxylic acids is 1. The third kappa shape index (κ3) is 3.83. The van der Waals surface area contributed by atoms with E-state index >= 15 is 0 Å². The Bertz CT molecular complexity index is 700. The standard InChI is InChI=1S/C15H13ClO4S/c1-20-11-4-2-3-10(7-11)9-21(19)12-5-6-14(16)13(8-12)15(17)18/h2-8H,9H2,1H3,(H,17,18). The van der Waals surface area contributed by atoms with Gasteiger partial charge in [0.05, 0.1) is 34.2 Å². The molecule has 1 atom stereocenters. The molecule has 110 valence electrons. The van der Waals surface area contributed by atoms with Crippen molar-refractivity contribution < 1.29 is 18.8 Å². The maximum atomic E-state index is 12.3. The van der Waals surface area contributed by atoms with Crippen LogP contribution in [0.15, 0.2) is 47.4 Å². The SMILES string of the molecule is COc1cccc(CS(=O)c2ccc(Cl)c(C(=O)O)c2)c1. The first-order chi connectivity index (χ1) is 10.0. The van der Waals surface area contributed by atoms with Gasteiger partial charge in [0.1, 0.15) is 5.75 Å². The van der Waals surface area contributed by atoms with Crippen LogP contribution in [-0.2, 0) is 16.6 Å². The van der Waals surface area contributed by atoms with E-state index in [4.69, 9.17) is 21.4 Å². The Balaban J connectivity index is 2.24. The summed E-state index contributed by atoms with van der Waals surface area (Å²) in [6.07, 6.45) is 0. The largest absolute Gasteiger partial charge is 0.497 e. The number of hydrogen-bond acceptors (Lipinski definition) is 3. The fourth-order valence-corrected chi connectivity index (χ4v) is 3.12. The number of carboxylic acid groups (broad SMARTS) is 1. The van der Waals surface area contributed by atoms with E-state index in [2.05, 4.69) is 0 Å². The van der Waals surface area contributed by atoms with Gasteiger partial charge in [0.15, 0.2) is 0 Å². The quantitative estimate of drug-likeness (QED) is 0.916. The van der Waals surface area contributed by atoms with Crippen LogP contribution in [0.25, 0.3) is 0 Å². The molecule has 0 saturated carbocycles. The van der Waals surface area contributed by atoms with E-state index in [1.165, 1.54) is 12.1 Å². The molecule has 0 aliphatic heterocycles. The molecule has 0 heterocycles. The molecule has 2 aromatic carbocycles. The second-order valence-electron chi connectivity index (χ2n) is 4.29. The molecule has 1 unspecified atom stereocenters. The highest BCUT2D eigenvalue weighted by molar-refractivity contribution is 7.84. The number of methoxy groups -OCH3 is 1. The van der Waals surface area contributed by atoms with Gasteiger partial charge in [-0.3, -0.25) is 4.21 Å². The Morgan fingerprint density at radius 1 is 1.29 bits per heavy atom. The average Bonchev–Trinajstić information content (AvgIpc) is 2.47. The lowest BCUT2D eigenvalue weighted by Crippen LogP contribution is -2.02. The molecule has 0 aliphatic rings. The fourth-order valence-electron chi connectivity index (χ4n) is 1.81. The second kappa shape index (κ2) is 6.74. The van der Waals surface area contributed by atoms with E-state index in [1.54, 1.807) is 25.3 Å². The minimum atomic E-state index is -1.36. The molecule has 1 N–H and O–H groups in total. The van der Waals surface area contributed by atoms with Crippen LogP contribution in [-0.4, -0.2) is 22.4 Å². The molecule has 6 heteroatoms. The molecule has 0 bridgehead atoms. The van der Waals surface area contributed by atoms with Gasteiger partial charge in [-0.15, -0.1) is 0 Å². The van der Waals surface area contributed by atoms with E-state index in [0.29, 0.717) is 10.6 Å². The Morgan fingerprint density at radius 2 is 2.05 bits per heavy atom. The summed E-state index contributed by atoms with van der Waals surface area (Å²) in [5, 5.41) is 9.16. The lowest BCUT2D eigenvalue weighted by Gasteiger charge is -2.06. The monoisotopic (exact) mass is 324 g/mol. The van der Waals surface area contributed by atoms with Crippen molar-refractivity contribution in [1.82, 2.24) is 0 Å². The Hall–Kier alpha value is -1.85. The molecule has 0 aliphatic carbocycles. The smallest absolute Gasteiger partial charge is 0.337 e. The number of carbonyl (C=O) groups is 1. The van der Waals surface area contributed by atoms with Crippen LogP contribution in [0.2, 0.25) is 5.02 Å². The molecule has 0 fully saturated rings. The average molecular weight is 325 g/mol. The number of benzene rings is 2. The van der Waals surface area contributed by atoms with Crippen LogP contribution in [0.1, 0.15) is 15.9 Å². The summed E-state index contributed by atoms with van der Waals surface area (Å²) in [6, 6.07) is 11.6. The Kier molecular flexibility index (Phi) is 4.98. The third-order valence-electron chi connectivity index (χ3n) is 2.86. The van der Waals surface area contributed by atoms with Crippen LogP contribution in [0.3, 0.4) is 0 Å². The van der Waals surface area contributed by atoms with Gasteiger partial charge in [0.25, 0.3) is 0 Å². The van der Waals surface area contributed by atoms with Crippen molar-refractivity contribution in [3.63, 3.8) is 0 Å². The van der Waals surface area contributed by atoms with E-state index in [9.17, 15) is 9.00 Å². The summed E-state index contributed by atoms with van der Waals surface area (Å²) >= 11 is 5.80. The summed E-state index contributed by atoms with van der Waals surface area (Å²) in [5.41, 5.74) is 0.799. The maximum Gasteiger partial charge on any atom is 0.337 e. The molecule has 4 nitrogen and oxygen atoms in total. The highest BCUT2D eigenvalue weighted by Crippen LogP contribution is 2.22. The minimum Gasteiger partial charge on any atom is -0.497 e. The first-order valence-electron chi connectivity index (χ1n) is 6.05. The lowest BCUT2D eigenvalue weighted by atomic mass is 10.2. The number of hydrogen-bond donors (Lipinski definition) is 1. The third-order valence-corrected chi connectivity index (χ3v) is 4.57. The van der Waals surface area contributed by atoms with Crippen molar-refractivity contribution in [2.75, 3.05) is 7.11 Å². The number of rotatable bonds is 5. The van der Waals surface area contributed by atoms with Crippen LogP contribution >= 0.6 is 11.6 Å². The molecule has 0 radical (unpaired) electrons. The molecule has 2 aromatic rings. The molecule has 0 amide bonds. The molecular weight excluding hydrogens is 312 g/mol. The second-order valence-corrected chi connectivity index (χ2v) is 6.15. The van der Waals surface area contributed by atoms with Gasteiger partial charge < -0.3 is 9.84 Å². The van der Waals surface area contributed by atoms with Crippen LogP contribution in [0.5, 0.6) is 5.75 Å². The molecule has 0 spiro atoms. The van der Waals surface area contributed by atoms with E-state index < -0.39 is 16.8 Å². The number of ether oxygens (including phenoxy) is 1. The molecule has 0 aromatic heterocycles. The summed E-state index contributed by atoms with van der Waals surface area (Å²) in [5.74, 6) is -0.176. The highest BCUT2D eigenvalue weighted by atomic mass is 35.5. The zero-order valence-corrected chi connectivity index (χ0v) is 12.8. The van der Waals surface area contributed by atoms with Crippen LogP contribution < -0.4 is 4.74 Å². The minimum absolute atomic E-state index is 0.0480. The summed E-state index contributed by atoms with van der Waals surface area (Å²) in [4.78, 5) is 11.5. The van der Waals surface area contributed by atoms with E-state index in [1.807, 2.05) is 12.1 Å². The summed E-state index contributed by atoms with van der Waals surface area (Å²) in [7, 11) is 0.207. The van der Waals surface area contributed by atoms with Crippen molar-refractivity contribution in [3.05, 3.63) is 58.6 Å².